The number of fused-ring (bicyclic) bond motifs is 1. The number of nitrogens with one attached hydrogen (secondary N) is 1. The minimum absolute atomic E-state index is 0.309. The Bertz CT molecular complexity index is 679. The number of aromatic nitrogens is 1. The molecular formula is C15H13FN2O. The van der Waals surface area contributed by atoms with Crippen LogP contribution in [0.15, 0.2) is 52.9 Å². The van der Waals surface area contributed by atoms with E-state index in [0.29, 0.717) is 17.1 Å². The molecule has 0 amide bonds. The molecule has 0 bridgehead atoms. The second kappa shape index (κ2) is 5.10. The van der Waals surface area contributed by atoms with Crippen LogP contribution in [-0.4, -0.2) is 11.5 Å². The summed E-state index contributed by atoms with van der Waals surface area (Å²) in [6.07, 6.45) is 0.883. The third kappa shape index (κ3) is 2.73. The van der Waals surface area contributed by atoms with E-state index in [1.165, 1.54) is 17.7 Å². The lowest BCUT2D eigenvalue weighted by Gasteiger charge is -2.01. The van der Waals surface area contributed by atoms with E-state index in [9.17, 15) is 4.39 Å². The van der Waals surface area contributed by atoms with Crippen molar-refractivity contribution in [3.63, 3.8) is 0 Å². The first-order chi connectivity index (χ1) is 9.31. The van der Waals surface area contributed by atoms with Gasteiger partial charge in [0.05, 0.1) is 0 Å². The fraction of sp³-hybridized carbons (Fsp3) is 0.133. The third-order valence-electron chi connectivity index (χ3n) is 2.88. The summed E-state index contributed by atoms with van der Waals surface area (Å²) >= 11 is 0. The molecule has 4 heteroatoms. The maximum absolute atomic E-state index is 13.0. The van der Waals surface area contributed by atoms with Crippen molar-refractivity contribution in [1.29, 1.82) is 0 Å². The summed E-state index contributed by atoms with van der Waals surface area (Å²) in [7, 11) is 0. The number of nitrogens with zero attached hydrogens (tertiary/aromatic N) is 1. The van der Waals surface area contributed by atoms with Crippen LogP contribution in [-0.2, 0) is 6.42 Å². The average Bonchev–Trinajstić information content (AvgIpc) is 2.82. The second-order valence-electron chi connectivity index (χ2n) is 4.29. The van der Waals surface area contributed by atoms with Crippen molar-refractivity contribution >= 4 is 17.1 Å². The Kier molecular flexibility index (Phi) is 3.14. The molecule has 3 aromatic rings. The van der Waals surface area contributed by atoms with Crippen molar-refractivity contribution < 1.29 is 8.81 Å². The zero-order valence-electron chi connectivity index (χ0n) is 10.3. The van der Waals surface area contributed by atoms with Gasteiger partial charge in [-0.15, -0.1) is 0 Å². The second-order valence-corrected chi connectivity index (χ2v) is 4.29. The molecule has 1 aromatic heterocycles. The minimum Gasteiger partial charge on any atom is -0.424 e. The van der Waals surface area contributed by atoms with Gasteiger partial charge in [-0.1, -0.05) is 30.3 Å². The molecule has 3 nitrogen and oxygen atoms in total. The first kappa shape index (κ1) is 11.7. The standard InChI is InChI=1S/C15H13FN2O/c16-12-6-7-14-13(10-12)18-15(19-14)17-9-8-11-4-2-1-3-5-11/h1-7,10H,8-9H2,(H,17,18). The zero-order chi connectivity index (χ0) is 13.1. The Morgan fingerprint density at radius 3 is 2.79 bits per heavy atom. The van der Waals surface area contributed by atoms with Gasteiger partial charge in [-0.2, -0.15) is 4.98 Å². The molecule has 0 unspecified atom stereocenters. The van der Waals surface area contributed by atoms with Gasteiger partial charge in [0.2, 0.25) is 0 Å². The highest BCUT2D eigenvalue weighted by Gasteiger charge is 2.05. The predicted octanol–water partition coefficient (Wildman–Crippen LogP) is 3.62. The van der Waals surface area contributed by atoms with Gasteiger partial charge in [-0.05, 0) is 24.1 Å². The average molecular weight is 256 g/mol. The van der Waals surface area contributed by atoms with Gasteiger partial charge in [-0.3, -0.25) is 0 Å². The first-order valence-corrected chi connectivity index (χ1v) is 6.15. The van der Waals surface area contributed by atoms with Crippen LogP contribution in [0.1, 0.15) is 5.56 Å². The van der Waals surface area contributed by atoms with E-state index in [1.807, 2.05) is 18.2 Å². The fourth-order valence-electron chi connectivity index (χ4n) is 1.93. The van der Waals surface area contributed by atoms with Crippen LogP contribution in [0.3, 0.4) is 0 Å². The number of benzene rings is 2. The number of anilines is 1. The molecule has 0 saturated carbocycles. The molecule has 1 N–H and O–H groups in total. The van der Waals surface area contributed by atoms with Crippen LogP contribution in [0, 0.1) is 5.82 Å². The van der Waals surface area contributed by atoms with Crippen molar-refractivity contribution in [1.82, 2.24) is 4.98 Å². The summed E-state index contributed by atoms with van der Waals surface area (Å²) in [6, 6.07) is 14.9. The number of oxazole rings is 1. The molecule has 0 aliphatic heterocycles. The summed E-state index contributed by atoms with van der Waals surface area (Å²) in [5.74, 6) is -0.309. The molecule has 3 rings (SSSR count). The lowest BCUT2D eigenvalue weighted by atomic mass is 10.1. The van der Waals surface area contributed by atoms with Crippen LogP contribution >= 0.6 is 0 Å². The van der Waals surface area contributed by atoms with Crippen molar-refractivity contribution in [2.45, 2.75) is 6.42 Å². The number of hydrogen-bond acceptors (Lipinski definition) is 3. The largest absolute Gasteiger partial charge is 0.424 e. The van der Waals surface area contributed by atoms with Gasteiger partial charge >= 0.3 is 0 Å². The van der Waals surface area contributed by atoms with Gasteiger partial charge in [-0.25, -0.2) is 4.39 Å². The van der Waals surface area contributed by atoms with Crippen molar-refractivity contribution in [3.05, 3.63) is 59.9 Å². The molecule has 96 valence electrons. The number of rotatable bonds is 4. The third-order valence-corrected chi connectivity index (χ3v) is 2.88. The van der Waals surface area contributed by atoms with Crippen LogP contribution in [0.5, 0.6) is 0 Å². The monoisotopic (exact) mass is 256 g/mol. The lowest BCUT2D eigenvalue weighted by molar-refractivity contribution is 0.610. The fourth-order valence-corrected chi connectivity index (χ4v) is 1.93. The summed E-state index contributed by atoms with van der Waals surface area (Å²) < 4.78 is 18.5. The quantitative estimate of drug-likeness (QED) is 0.774. The molecule has 19 heavy (non-hydrogen) atoms. The SMILES string of the molecule is Fc1ccc2oc(NCCc3ccccc3)nc2c1. The van der Waals surface area contributed by atoms with Crippen molar-refractivity contribution in [2.24, 2.45) is 0 Å². The summed E-state index contributed by atoms with van der Waals surface area (Å²) in [6.45, 7) is 0.722. The number of hydrogen-bond donors (Lipinski definition) is 1. The Balaban J connectivity index is 1.65. The highest BCUT2D eigenvalue weighted by molar-refractivity contribution is 5.74. The summed E-state index contributed by atoms with van der Waals surface area (Å²) in [5, 5.41) is 3.10. The molecule has 0 radical (unpaired) electrons. The van der Waals surface area contributed by atoms with Gasteiger partial charge in [0.15, 0.2) is 5.58 Å². The van der Waals surface area contributed by atoms with Gasteiger partial charge in [0.25, 0.3) is 6.01 Å². The Morgan fingerprint density at radius 1 is 1.11 bits per heavy atom. The maximum Gasteiger partial charge on any atom is 0.295 e. The molecule has 0 fully saturated rings. The van der Waals surface area contributed by atoms with E-state index in [4.69, 9.17) is 4.42 Å². The first-order valence-electron chi connectivity index (χ1n) is 6.15. The number of halogens is 1. The summed E-state index contributed by atoms with van der Waals surface area (Å²) in [4.78, 5) is 4.19. The maximum atomic E-state index is 13.0. The molecule has 1 heterocycles. The molecule has 0 aliphatic carbocycles. The molecule has 0 spiro atoms. The van der Waals surface area contributed by atoms with Crippen LogP contribution < -0.4 is 5.32 Å². The Labute approximate surface area is 110 Å². The Morgan fingerprint density at radius 2 is 1.95 bits per heavy atom. The Hall–Kier alpha value is -2.36. The van der Waals surface area contributed by atoms with Gasteiger partial charge < -0.3 is 9.73 Å². The van der Waals surface area contributed by atoms with Crippen molar-refractivity contribution in [3.8, 4) is 0 Å². The topological polar surface area (TPSA) is 38.1 Å². The lowest BCUT2D eigenvalue weighted by Crippen LogP contribution is -2.04. The van der Waals surface area contributed by atoms with E-state index in [0.717, 1.165) is 13.0 Å². The minimum atomic E-state index is -0.309. The van der Waals surface area contributed by atoms with Crippen LogP contribution in [0.4, 0.5) is 10.4 Å². The van der Waals surface area contributed by atoms with E-state index < -0.39 is 0 Å². The van der Waals surface area contributed by atoms with E-state index in [-0.39, 0.29) is 5.82 Å². The van der Waals surface area contributed by atoms with Crippen molar-refractivity contribution in [2.75, 3.05) is 11.9 Å². The van der Waals surface area contributed by atoms with Gasteiger partial charge in [0.1, 0.15) is 11.3 Å². The predicted molar refractivity (Wildman–Crippen MR) is 72.6 cm³/mol. The van der Waals surface area contributed by atoms with E-state index >= 15 is 0 Å². The van der Waals surface area contributed by atoms with E-state index in [2.05, 4.69) is 22.4 Å². The highest BCUT2D eigenvalue weighted by Crippen LogP contribution is 2.19. The smallest absolute Gasteiger partial charge is 0.295 e. The molecular weight excluding hydrogens is 243 g/mol. The van der Waals surface area contributed by atoms with Gasteiger partial charge in [0, 0.05) is 12.6 Å². The molecule has 2 aromatic carbocycles. The van der Waals surface area contributed by atoms with Crippen LogP contribution in [0.2, 0.25) is 0 Å². The summed E-state index contributed by atoms with van der Waals surface area (Å²) in [5.41, 5.74) is 2.36. The highest BCUT2D eigenvalue weighted by atomic mass is 19.1. The van der Waals surface area contributed by atoms with Crippen LogP contribution in [0.25, 0.3) is 11.1 Å². The molecule has 0 aliphatic rings. The molecule has 0 saturated heterocycles. The van der Waals surface area contributed by atoms with E-state index in [1.54, 1.807) is 6.07 Å². The normalized spacial score (nSPS) is 10.8. The zero-order valence-corrected chi connectivity index (χ0v) is 10.3. The molecule has 0 atom stereocenters.